The summed E-state index contributed by atoms with van der Waals surface area (Å²) in [6.07, 6.45) is 0. The van der Waals surface area contributed by atoms with Gasteiger partial charge >= 0.3 is 7.60 Å². The molecule has 0 saturated heterocycles. The van der Waals surface area contributed by atoms with E-state index >= 15 is 0 Å². The van der Waals surface area contributed by atoms with Gasteiger partial charge < -0.3 is 14.4 Å². The molecule has 0 unspecified atom stereocenters. The minimum Gasteiger partial charge on any atom is -0.414 e. The van der Waals surface area contributed by atoms with Crippen LogP contribution in [-0.4, -0.2) is 4.98 Å². The lowest BCUT2D eigenvalue weighted by atomic mass is 10.3. The second kappa shape index (κ2) is 9.50. The van der Waals surface area contributed by atoms with Crippen LogP contribution in [0.1, 0.15) is 17.2 Å². The van der Waals surface area contributed by atoms with Crippen molar-refractivity contribution in [3.63, 3.8) is 0 Å². The minimum atomic E-state index is -3.85. The van der Waals surface area contributed by atoms with Crippen LogP contribution in [0.2, 0.25) is 0 Å². The van der Waals surface area contributed by atoms with E-state index in [-0.39, 0.29) is 0 Å². The highest BCUT2D eigenvalue weighted by Gasteiger charge is 2.42. The van der Waals surface area contributed by atoms with E-state index in [1.807, 2.05) is 91.9 Å². The third-order valence-electron chi connectivity index (χ3n) is 4.54. The summed E-state index contributed by atoms with van der Waals surface area (Å²) >= 11 is 0. The highest BCUT2D eigenvalue weighted by atomic mass is 31.2. The predicted molar refractivity (Wildman–Crippen MR) is 124 cm³/mol. The zero-order chi connectivity index (χ0) is 21.5. The highest BCUT2D eigenvalue weighted by molar-refractivity contribution is 7.55. The van der Waals surface area contributed by atoms with Crippen LogP contribution in [0.5, 0.6) is 11.5 Å². The number of anilines is 1. The van der Waals surface area contributed by atoms with Crippen molar-refractivity contribution in [2.24, 2.45) is 0 Å². The van der Waals surface area contributed by atoms with Gasteiger partial charge in [-0.2, -0.15) is 0 Å². The maximum absolute atomic E-state index is 14.4. The van der Waals surface area contributed by atoms with E-state index in [2.05, 4.69) is 10.3 Å². The largest absolute Gasteiger partial charge is 0.459 e. The van der Waals surface area contributed by atoms with Crippen molar-refractivity contribution in [2.45, 2.75) is 12.7 Å². The first kappa shape index (κ1) is 20.7. The van der Waals surface area contributed by atoms with Gasteiger partial charge in [0, 0.05) is 11.4 Å². The summed E-state index contributed by atoms with van der Waals surface area (Å²) in [6, 6.07) is 33.2. The summed E-state index contributed by atoms with van der Waals surface area (Å²) in [5.74, 6) is 0.0683. The highest BCUT2D eigenvalue weighted by Crippen LogP contribution is 2.59. The number of pyridine rings is 1. The van der Waals surface area contributed by atoms with Gasteiger partial charge in [-0.25, -0.2) is 4.57 Å². The molecule has 0 saturated carbocycles. The number of nitrogens with zero attached hydrogens (tertiary/aromatic N) is 1. The lowest BCUT2D eigenvalue weighted by Crippen LogP contribution is -2.19. The van der Waals surface area contributed by atoms with Crippen LogP contribution >= 0.6 is 7.60 Å². The molecule has 1 heterocycles. The Kier molecular flexibility index (Phi) is 6.34. The number of hydrogen-bond donors (Lipinski definition) is 1. The number of rotatable bonds is 8. The maximum atomic E-state index is 14.4. The second-order valence-electron chi connectivity index (χ2n) is 6.97. The van der Waals surface area contributed by atoms with E-state index in [4.69, 9.17) is 9.05 Å². The van der Waals surface area contributed by atoms with Gasteiger partial charge in [0.1, 0.15) is 11.5 Å². The number of nitrogens with one attached hydrogen (secondary N) is 1. The zero-order valence-electron chi connectivity index (χ0n) is 17.1. The second-order valence-corrected chi connectivity index (χ2v) is 8.93. The number of aromatic nitrogens is 1. The molecular formula is C25H23N2O3P. The molecule has 156 valence electrons. The molecule has 0 spiro atoms. The average molecular weight is 430 g/mol. The van der Waals surface area contributed by atoms with Gasteiger partial charge in [0.15, 0.2) is 5.78 Å². The topological polar surface area (TPSA) is 60.5 Å². The van der Waals surface area contributed by atoms with Gasteiger partial charge in [-0.3, -0.25) is 4.98 Å². The van der Waals surface area contributed by atoms with Crippen molar-refractivity contribution in [3.05, 3.63) is 121 Å². The normalized spacial score (nSPS) is 12.0. The molecule has 0 radical (unpaired) electrons. The van der Waals surface area contributed by atoms with Crippen molar-refractivity contribution < 1.29 is 13.6 Å². The Bertz CT molecular complexity index is 1110. The maximum Gasteiger partial charge on any atom is 0.459 e. The van der Waals surface area contributed by atoms with E-state index in [1.54, 1.807) is 24.3 Å². The molecule has 6 heteroatoms. The molecule has 0 bridgehead atoms. The molecule has 0 fully saturated rings. The van der Waals surface area contributed by atoms with Crippen molar-refractivity contribution in [3.8, 4) is 11.5 Å². The Morgan fingerprint density at radius 1 is 0.710 bits per heavy atom. The van der Waals surface area contributed by atoms with Gasteiger partial charge in [0.05, 0.1) is 5.69 Å². The van der Waals surface area contributed by atoms with Gasteiger partial charge in [-0.15, -0.1) is 0 Å². The smallest absolute Gasteiger partial charge is 0.414 e. The van der Waals surface area contributed by atoms with Gasteiger partial charge in [0.25, 0.3) is 0 Å². The molecule has 0 aliphatic rings. The van der Waals surface area contributed by atoms with E-state index in [1.165, 1.54) is 0 Å². The SMILES string of the molecule is Cc1cccc([C@@H](Nc2ccccc2)P(=O)(Oc2ccccc2)Oc2ccccc2)n1. The summed E-state index contributed by atoms with van der Waals surface area (Å²) in [5.41, 5.74) is 2.16. The van der Waals surface area contributed by atoms with Crippen molar-refractivity contribution in [1.29, 1.82) is 0 Å². The summed E-state index contributed by atoms with van der Waals surface area (Å²) < 4.78 is 26.6. The van der Waals surface area contributed by atoms with Crippen LogP contribution in [0.15, 0.2) is 109 Å². The van der Waals surface area contributed by atoms with E-state index < -0.39 is 13.4 Å². The minimum absolute atomic E-state index is 0.453. The van der Waals surface area contributed by atoms with Crippen molar-refractivity contribution >= 4 is 13.3 Å². The van der Waals surface area contributed by atoms with Crippen LogP contribution in [-0.2, 0) is 4.57 Å². The summed E-state index contributed by atoms with van der Waals surface area (Å²) in [4.78, 5) is 4.62. The van der Waals surface area contributed by atoms with Gasteiger partial charge in [-0.05, 0) is 55.5 Å². The summed E-state index contributed by atoms with van der Waals surface area (Å²) in [6.45, 7) is 1.89. The molecule has 31 heavy (non-hydrogen) atoms. The summed E-state index contributed by atoms with van der Waals surface area (Å²) in [5, 5.41) is 3.33. The number of aryl methyl sites for hydroxylation is 1. The molecule has 1 aromatic heterocycles. The lowest BCUT2D eigenvalue weighted by Gasteiger charge is -2.28. The number of para-hydroxylation sites is 3. The van der Waals surface area contributed by atoms with Crippen molar-refractivity contribution in [1.82, 2.24) is 4.98 Å². The van der Waals surface area contributed by atoms with Crippen LogP contribution in [0, 0.1) is 6.92 Å². The van der Waals surface area contributed by atoms with Crippen LogP contribution in [0.3, 0.4) is 0 Å². The molecular weight excluding hydrogens is 407 g/mol. The van der Waals surface area contributed by atoms with Crippen molar-refractivity contribution in [2.75, 3.05) is 5.32 Å². The Balaban J connectivity index is 1.80. The van der Waals surface area contributed by atoms with E-state index in [0.717, 1.165) is 11.4 Å². The quantitative estimate of drug-likeness (QED) is 0.310. The van der Waals surface area contributed by atoms with Crippen LogP contribution < -0.4 is 14.4 Å². The number of benzene rings is 3. The first-order valence-electron chi connectivity index (χ1n) is 9.96. The molecule has 4 rings (SSSR count). The molecule has 1 N–H and O–H groups in total. The molecule has 4 aromatic rings. The zero-order valence-corrected chi connectivity index (χ0v) is 18.0. The van der Waals surface area contributed by atoms with Crippen LogP contribution in [0.4, 0.5) is 5.69 Å². The molecule has 0 amide bonds. The van der Waals surface area contributed by atoms with Crippen LogP contribution in [0.25, 0.3) is 0 Å². The fraction of sp³-hybridized carbons (Fsp3) is 0.0800. The Hall–Kier alpha value is -3.56. The third kappa shape index (κ3) is 5.33. The fourth-order valence-corrected chi connectivity index (χ4v) is 4.96. The van der Waals surface area contributed by atoms with Gasteiger partial charge in [0.2, 0.25) is 0 Å². The Morgan fingerprint density at radius 3 is 1.74 bits per heavy atom. The fourth-order valence-electron chi connectivity index (χ4n) is 3.10. The molecule has 1 atom stereocenters. The monoisotopic (exact) mass is 430 g/mol. The first-order valence-corrected chi connectivity index (χ1v) is 11.6. The standard InChI is InChI=1S/C25H23N2O3P/c1-20-12-11-19-24(26-20)25(27-21-13-5-2-6-14-21)31(28,29-22-15-7-3-8-16-22)30-23-17-9-4-10-18-23/h2-19,25,27H,1H3/t25-/m0/s1. The van der Waals surface area contributed by atoms with E-state index in [9.17, 15) is 4.57 Å². The molecule has 5 nitrogen and oxygen atoms in total. The Labute approximate surface area is 182 Å². The molecule has 0 aliphatic carbocycles. The first-order chi connectivity index (χ1) is 15.1. The summed E-state index contributed by atoms with van der Waals surface area (Å²) in [7, 11) is -3.85. The molecule has 0 aliphatic heterocycles. The number of hydrogen-bond acceptors (Lipinski definition) is 5. The predicted octanol–water partition coefficient (Wildman–Crippen LogP) is 6.85. The lowest BCUT2D eigenvalue weighted by molar-refractivity contribution is 0.375. The average Bonchev–Trinajstić information content (AvgIpc) is 2.79. The van der Waals surface area contributed by atoms with Gasteiger partial charge in [-0.1, -0.05) is 60.7 Å². The molecule has 3 aromatic carbocycles. The Morgan fingerprint density at radius 2 is 1.23 bits per heavy atom. The van der Waals surface area contributed by atoms with E-state index in [0.29, 0.717) is 17.2 Å². The third-order valence-corrected chi connectivity index (χ3v) is 6.49.